The van der Waals surface area contributed by atoms with Crippen LogP contribution in [0.3, 0.4) is 0 Å². The summed E-state index contributed by atoms with van der Waals surface area (Å²) in [5.41, 5.74) is 8.37. The molecule has 1 aromatic heterocycles. The molecule has 0 saturated carbocycles. The molecule has 0 radical (unpaired) electrons. The number of nitrogens with zero attached hydrogens (tertiary/aromatic N) is 1. The van der Waals surface area contributed by atoms with E-state index in [1.54, 1.807) is 11.3 Å². The van der Waals surface area contributed by atoms with E-state index in [2.05, 4.69) is 23.6 Å². The van der Waals surface area contributed by atoms with Crippen molar-refractivity contribution in [3.8, 4) is 10.4 Å². The van der Waals surface area contributed by atoms with Gasteiger partial charge >= 0.3 is 0 Å². The van der Waals surface area contributed by atoms with Crippen molar-refractivity contribution < 1.29 is 9.59 Å². The van der Waals surface area contributed by atoms with Crippen LogP contribution < -0.4 is 5.73 Å². The molecule has 1 saturated heterocycles. The van der Waals surface area contributed by atoms with Crippen molar-refractivity contribution in [2.24, 2.45) is 11.1 Å². The molecule has 4 nitrogen and oxygen atoms in total. The van der Waals surface area contributed by atoms with Gasteiger partial charge in [0.25, 0.3) is 0 Å². The smallest absolute Gasteiger partial charge is 0.229 e. The molecule has 4 rings (SSSR count). The third-order valence-corrected chi connectivity index (χ3v) is 7.05. The van der Waals surface area contributed by atoms with Gasteiger partial charge in [-0.3, -0.25) is 9.59 Å². The molecule has 0 unspecified atom stereocenters. The van der Waals surface area contributed by atoms with Crippen molar-refractivity contribution in [1.29, 1.82) is 0 Å². The number of hydrogen-bond acceptors (Lipinski definition) is 3. The Morgan fingerprint density at radius 3 is 2.60 bits per heavy atom. The molecule has 2 heterocycles. The summed E-state index contributed by atoms with van der Waals surface area (Å²) < 4.78 is 0. The lowest BCUT2D eigenvalue weighted by atomic mass is 9.80. The lowest BCUT2D eigenvalue weighted by Gasteiger charge is -2.27. The van der Waals surface area contributed by atoms with E-state index in [-0.39, 0.29) is 17.7 Å². The van der Waals surface area contributed by atoms with Gasteiger partial charge in [0, 0.05) is 18.0 Å². The number of hydrogen-bond donors (Lipinski definition) is 1. The second-order valence-corrected chi connectivity index (χ2v) is 9.09. The van der Waals surface area contributed by atoms with Gasteiger partial charge < -0.3 is 10.6 Å². The van der Waals surface area contributed by atoms with Crippen LogP contribution in [0.25, 0.3) is 10.4 Å². The molecule has 1 aliphatic rings. The van der Waals surface area contributed by atoms with Crippen LogP contribution in [0.2, 0.25) is 0 Å². The molecule has 1 aliphatic heterocycles. The maximum Gasteiger partial charge on any atom is 0.229 e. The molecule has 2 aromatic carbocycles. The predicted octanol–water partition coefficient (Wildman–Crippen LogP) is 4.47. The summed E-state index contributed by atoms with van der Waals surface area (Å²) in [5.74, 6) is -0.514. The maximum absolute atomic E-state index is 13.1. The molecule has 154 valence electrons. The van der Waals surface area contributed by atoms with Crippen molar-refractivity contribution in [3.63, 3.8) is 0 Å². The highest BCUT2D eigenvalue weighted by Crippen LogP contribution is 2.36. The Bertz CT molecular complexity index is 1030. The van der Waals surface area contributed by atoms with Crippen molar-refractivity contribution in [1.82, 2.24) is 4.90 Å². The average Bonchev–Trinajstić information content (AvgIpc) is 3.45. The molecule has 0 bridgehead atoms. The highest BCUT2D eigenvalue weighted by atomic mass is 32.1. The molecule has 0 aliphatic carbocycles. The number of nitrogens with two attached hydrogens (primary N) is 1. The first-order valence-corrected chi connectivity index (χ1v) is 11.1. The minimum absolute atomic E-state index is 0.0525. The van der Waals surface area contributed by atoms with Gasteiger partial charge in [0.2, 0.25) is 11.8 Å². The van der Waals surface area contributed by atoms with E-state index >= 15 is 0 Å². The second kappa shape index (κ2) is 8.44. The van der Waals surface area contributed by atoms with Crippen LogP contribution in [0, 0.1) is 5.41 Å². The summed E-state index contributed by atoms with van der Waals surface area (Å²) in [6, 6.07) is 22.2. The summed E-state index contributed by atoms with van der Waals surface area (Å²) in [7, 11) is 0. The summed E-state index contributed by atoms with van der Waals surface area (Å²) in [6.07, 6.45) is 1.14. The van der Waals surface area contributed by atoms with Crippen LogP contribution in [0.15, 0.2) is 72.1 Å². The van der Waals surface area contributed by atoms with E-state index in [0.29, 0.717) is 25.9 Å². The van der Waals surface area contributed by atoms with Crippen LogP contribution in [0.4, 0.5) is 0 Å². The number of primary amides is 1. The Kier molecular flexibility index (Phi) is 5.73. The van der Waals surface area contributed by atoms with Crippen LogP contribution in [0.5, 0.6) is 0 Å². The van der Waals surface area contributed by atoms with E-state index in [1.807, 2.05) is 60.4 Å². The van der Waals surface area contributed by atoms with Crippen molar-refractivity contribution in [3.05, 3.63) is 83.2 Å². The Morgan fingerprint density at radius 2 is 1.90 bits per heavy atom. The van der Waals surface area contributed by atoms with E-state index < -0.39 is 5.41 Å². The summed E-state index contributed by atoms with van der Waals surface area (Å²) >= 11 is 1.69. The normalized spacial score (nSPS) is 19.6. The number of amides is 2. The van der Waals surface area contributed by atoms with Gasteiger partial charge in [0.1, 0.15) is 0 Å². The molecule has 3 aromatic rings. The van der Waals surface area contributed by atoms with E-state index in [9.17, 15) is 9.59 Å². The molecule has 5 heteroatoms. The van der Waals surface area contributed by atoms with E-state index in [0.717, 1.165) is 16.7 Å². The van der Waals surface area contributed by atoms with Gasteiger partial charge in [-0.05, 0) is 47.9 Å². The predicted molar refractivity (Wildman–Crippen MR) is 121 cm³/mol. The number of rotatable bonds is 6. The Morgan fingerprint density at radius 1 is 1.10 bits per heavy atom. The Balaban J connectivity index is 1.53. The molecular weight excluding hydrogens is 392 g/mol. The first-order valence-electron chi connectivity index (χ1n) is 10.2. The lowest BCUT2D eigenvalue weighted by molar-refractivity contribution is -0.133. The molecule has 2 atom stereocenters. The van der Waals surface area contributed by atoms with Crippen LogP contribution in [-0.4, -0.2) is 29.8 Å². The quantitative estimate of drug-likeness (QED) is 0.642. The minimum Gasteiger partial charge on any atom is -0.369 e. The third-order valence-electron chi connectivity index (χ3n) is 6.13. The van der Waals surface area contributed by atoms with Crippen molar-refractivity contribution >= 4 is 23.2 Å². The molecule has 2 amide bonds. The number of benzene rings is 2. The van der Waals surface area contributed by atoms with E-state index in [4.69, 9.17) is 5.73 Å². The van der Waals surface area contributed by atoms with Gasteiger partial charge in [-0.1, -0.05) is 60.7 Å². The first kappa shape index (κ1) is 20.4. The Hall–Kier alpha value is -2.92. The SMILES string of the molecule is C[C@@H](C(=O)N1CC[C@](Cc2cccc(-c3cccs3)c2)(C(N)=O)C1)c1ccccc1. The molecular formula is C25H26N2O2S. The van der Waals surface area contributed by atoms with Crippen LogP contribution in [0.1, 0.15) is 30.4 Å². The largest absolute Gasteiger partial charge is 0.369 e. The number of likely N-dealkylation sites (tertiary alicyclic amines) is 1. The number of carbonyl (C=O) groups is 2. The van der Waals surface area contributed by atoms with Gasteiger partial charge in [-0.25, -0.2) is 0 Å². The zero-order valence-electron chi connectivity index (χ0n) is 17.1. The van der Waals surface area contributed by atoms with Crippen molar-refractivity contribution in [2.45, 2.75) is 25.7 Å². The molecule has 30 heavy (non-hydrogen) atoms. The minimum atomic E-state index is -0.722. The fourth-order valence-electron chi connectivity index (χ4n) is 4.32. The monoisotopic (exact) mass is 418 g/mol. The summed E-state index contributed by atoms with van der Waals surface area (Å²) in [4.78, 5) is 28.6. The number of carbonyl (C=O) groups excluding carboxylic acids is 2. The average molecular weight is 419 g/mol. The van der Waals surface area contributed by atoms with Crippen molar-refractivity contribution in [2.75, 3.05) is 13.1 Å². The standard InChI is InChI=1S/C25H26N2O2S/c1-18(20-8-3-2-4-9-20)23(28)27-13-12-25(17-27,24(26)29)16-19-7-5-10-21(15-19)22-11-6-14-30-22/h2-11,14-15,18H,12-13,16-17H2,1H3,(H2,26,29)/t18-,25-/m1/s1. The third kappa shape index (κ3) is 4.03. The summed E-state index contributed by atoms with van der Waals surface area (Å²) in [6.45, 7) is 2.86. The topological polar surface area (TPSA) is 63.4 Å². The molecule has 0 spiro atoms. The highest BCUT2D eigenvalue weighted by Gasteiger charge is 2.45. The van der Waals surface area contributed by atoms with Gasteiger partial charge in [-0.15, -0.1) is 11.3 Å². The highest BCUT2D eigenvalue weighted by molar-refractivity contribution is 7.13. The summed E-state index contributed by atoms with van der Waals surface area (Å²) in [5, 5.41) is 2.06. The van der Waals surface area contributed by atoms with Gasteiger partial charge in [0.05, 0.1) is 11.3 Å². The fourth-order valence-corrected chi connectivity index (χ4v) is 5.04. The van der Waals surface area contributed by atoms with Gasteiger partial charge in [-0.2, -0.15) is 0 Å². The number of thiophene rings is 1. The Labute approximate surface area is 181 Å². The zero-order chi connectivity index (χ0) is 21.1. The zero-order valence-corrected chi connectivity index (χ0v) is 17.9. The van der Waals surface area contributed by atoms with Crippen LogP contribution in [-0.2, 0) is 16.0 Å². The second-order valence-electron chi connectivity index (χ2n) is 8.14. The van der Waals surface area contributed by atoms with Crippen LogP contribution >= 0.6 is 11.3 Å². The maximum atomic E-state index is 13.1. The molecule has 1 fully saturated rings. The molecule has 2 N–H and O–H groups in total. The lowest BCUT2D eigenvalue weighted by Crippen LogP contribution is -2.43. The van der Waals surface area contributed by atoms with E-state index in [1.165, 1.54) is 4.88 Å². The fraction of sp³-hybridized carbons (Fsp3) is 0.280. The van der Waals surface area contributed by atoms with Gasteiger partial charge in [0.15, 0.2) is 0 Å². The first-order chi connectivity index (χ1) is 14.5.